The number of carbonyl (C=O) groups is 7. The second kappa shape index (κ2) is 43.6. The van der Waals surface area contributed by atoms with Crippen molar-refractivity contribution >= 4 is 40.7 Å². The summed E-state index contributed by atoms with van der Waals surface area (Å²) in [4.78, 5) is 121. The third-order valence-corrected chi connectivity index (χ3v) is 16.2. The van der Waals surface area contributed by atoms with Gasteiger partial charge >= 0.3 is 0 Å². The zero-order chi connectivity index (χ0) is 73.3. The first-order valence-electron chi connectivity index (χ1n) is 34.3. The molecule has 6 aromatic rings. The first-order chi connectivity index (χ1) is 45.6. The minimum atomic E-state index is -0.167. The molecule has 2 amide bonds. The van der Waals surface area contributed by atoms with Crippen LogP contribution in [0.2, 0.25) is 0 Å². The molecule has 6 rings (SSSR count). The van der Waals surface area contributed by atoms with Crippen LogP contribution >= 0.6 is 0 Å². The Morgan fingerprint density at radius 1 is 0.361 bits per heavy atom. The van der Waals surface area contributed by atoms with Gasteiger partial charge in [0.1, 0.15) is 77.0 Å². The summed E-state index contributed by atoms with van der Waals surface area (Å²) in [5, 5.41) is 0. The summed E-state index contributed by atoms with van der Waals surface area (Å²) >= 11 is 0. The molecule has 26 heteroatoms. The third kappa shape index (κ3) is 31.6. The number of aromatic nitrogens is 12. The number of aryl methyl sites for hydroxylation is 3. The molecule has 0 spiro atoms. The van der Waals surface area contributed by atoms with Crippen molar-refractivity contribution in [3.63, 3.8) is 0 Å². The van der Waals surface area contributed by atoms with Crippen LogP contribution in [0.15, 0.2) is 74.4 Å². The number of nitrogens with zero attached hydrogens (tertiary/aromatic N) is 19. The Kier molecular flexibility index (Phi) is 38.4. The van der Waals surface area contributed by atoms with Gasteiger partial charge in [-0.25, -0.2) is 29.9 Å². The molecule has 6 heterocycles. The fourth-order valence-electron chi connectivity index (χ4n) is 10.1. The average Bonchev–Trinajstić information content (AvgIpc) is 1.82. The largest absolute Gasteiger partial charge is 0.342 e. The molecule has 97 heavy (non-hydrogen) atoms. The third-order valence-electron chi connectivity index (χ3n) is 16.2. The SMILES string of the molecule is CC(=O)CN(CC(C)=O)C(C)C.CC(=O)CN(Cc1nccn1C)C(C)C.CC(=O)CN(Cc1nccn1CC(C)=O)C(C)C.CCN(CC)C(=O)Cn1ccnc1CN(Cc1nccn1CC(=O)N(CC)CC)C(C)(C)C.CCn1ccnc1CN(Cc1nccn1C)C(C)C. The molecule has 0 aromatic carbocycles. The van der Waals surface area contributed by atoms with Crippen molar-refractivity contribution in [1.29, 1.82) is 0 Å². The highest BCUT2D eigenvalue weighted by molar-refractivity contribution is 5.81. The van der Waals surface area contributed by atoms with Gasteiger partial charge < -0.3 is 37.2 Å². The van der Waals surface area contributed by atoms with Crippen molar-refractivity contribution in [1.82, 2.24) is 91.6 Å². The van der Waals surface area contributed by atoms with Crippen molar-refractivity contribution in [3.05, 3.63) is 109 Å². The fraction of sp³-hybridized carbons (Fsp3) is 0.648. The highest BCUT2D eigenvalue weighted by Gasteiger charge is 2.27. The molecule has 0 radical (unpaired) electrons. The van der Waals surface area contributed by atoms with Gasteiger partial charge in [0, 0.05) is 151 Å². The lowest BCUT2D eigenvalue weighted by Gasteiger charge is -2.35. The van der Waals surface area contributed by atoms with Crippen LogP contribution < -0.4 is 0 Å². The zero-order valence-electron chi connectivity index (χ0n) is 63.3. The summed E-state index contributed by atoms with van der Waals surface area (Å²) in [5.74, 6) is 6.49. The quantitative estimate of drug-likeness (QED) is 0.0365. The number of Topliss-reactive ketones (excluding diaryl/α,β-unsaturated/α-hetero) is 5. The molecular formula is C71H121N19O7. The number of imidazole rings is 6. The van der Waals surface area contributed by atoms with Gasteiger partial charge in [0.25, 0.3) is 0 Å². The van der Waals surface area contributed by atoms with E-state index in [1.54, 1.807) is 51.8 Å². The summed E-state index contributed by atoms with van der Waals surface area (Å²) in [6.07, 6.45) is 22.1. The van der Waals surface area contributed by atoms with Gasteiger partial charge in [-0.1, -0.05) is 0 Å². The molecule has 0 aliphatic carbocycles. The topological polar surface area (TPSA) is 249 Å². The number of hydrogen-bond donors (Lipinski definition) is 0. The molecule has 26 nitrogen and oxygen atoms in total. The Bertz CT molecular complexity index is 3190. The molecule has 0 saturated heterocycles. The predicted molar refractivity (Wildman–Crippen MR) is 381 cm³/mol. The van der Waals surface area contributed by atoms with E-state index in [-0.39, 0.29) is 71.4 Å². The summed E-state index contributed by atoms with van der Waals surface area (Å²) in [6.45, 7) is 51.4. The lowest BCUT2D eigenvalue weighted by Crippen LogP contribution is -2.42. The summed E-state index contributed by atoms with van der Waals surface area (Å²) in [6, 6.07) is 1.32. The number of hydrogen-bond acceptors (Lipinski definition) is 18. The Balaban J connectivity index is 0.000000434. The summed E-state index contributed by atoms with van der Waals surface area (Å²) < 4.78 is 11.9. The van der Waals surface area contributed by atoms with Gasteiger partial charge in [-0.2, -0.15) is 0 Å². The van der Waals surface area contributed by atoms with Crippen molar-refractivity contribution in [2.75, 3.05) is 52.4 Å². The number of rotatable bonds is 35. The zero-order valence-corrected chi connectivity index (χ0v) is 63.3. The maximum Gasteiger partial charge on any atom is 0.242 e. The second-order valence-electron chi connectivity index (χ2n) is 26.6. The molecule has 6 aromatic heterocycles. The van der Waals surface area contributed by atoms with E-state index >= 15 is 0 Å². The van der Waals surface area contributed by atoms with E-state index in [2.05, 4.69) is 109 Å². The number of amides is 2. The number of ketones is 5. The first-order valence-corrected chi connectivity index (χ1v) is 34.3. The average molecular weight is 1350 g/mol. The van der Waals surface area contributed by atoms with Gasteiger partial charge in [-0.05, 0) is 145 Å². The fourth-order valence-corrected chi connectivity index (χ4v) is 10.1. The van der Waals surface area contributed by atoms with Crippen LogP contribution in [0.5, 0.6) is 0 Å². The molecule has 0 bridgehead atoms. The maximum atomic E-state index is 12.6. The minimum Gasteiger partial charge on any atom is -0.342 e. The van der Waals surface area contributed by atoms with Crippen LogP contribution in [-0.4, -0.2) is 214 Å². The molecule has 0 fully saturated rings. The van der Waals surface area contributed by atoms with Crippen LogP contribution in [0.25, 0.3) is 0 Å². The van der Waals surface area contributed by atoms with Crippen LogP contribution in [0.3, 0.4) is 0 Å². The highest BCUT2D eigenvalue weighted by atomic mass is 16.2. The molecule has 0 unspecified atom stereocenters. The first kappa shape index (κ1) is 85.4. The summed E-state index contributed by atoms with van der Waals surface area (Å²) in [7, 11) is 4.00. The van der Waals surface area contributed by atoms with Crippen LogP contribution in [0.4, 0.5) is 0 Å². The van der Waals surface area contributed by atoms with Crippen molar-refractivity contribution in [2.45, 2.75) is 241 Å². The van der Waals surface area contributed by atoms with Gasteiger partial charge in [0.05, 0.1) is 72.0 Å². The van der Waals surface area contributed by atoms with Crippen LogP contribution in [-0.2, 0) is 113 Å². The Hall–Kier alpha value is -7.65. The molecule has 0 aliphatic rings. The van der Waals surface area contributed by atoms with E-state index < -0.39 is 0 Å². The molecule has 0 N–H and O–H groups in total. The maximum absolute atomic E-state index is 12.6. The monoisotopic (exact) mass is 1350 g/mol. The second-order valence-corrected chi connectivity index (χ2v) is 26.6. The Morgan fingerprint density at radius 2 is 0.629 bits per heavy atom. The normalized spacial score (nSPS) is 11.5. The molecular weight excluding hydrogens is 1230 g/mol. The smallest absolute Gasteiger partial charge is 0.242 e. The predicted octanol–water partition coefficient (Wildman–Crippen LogP) is 8.03. The lowest BCUT2D eigenvalue weighted by molar-refractivity contribution is -0.132. The van der Waals surface area contributed by atoms with E-state index in [1.165, 1.54) is 13.8 Å². The van der Waals surface area contributed by atoms with Gasteiger partial charge in [0.15, 0.2) is 0 Å². The van der Waals surface area contributed by atoms with E-state index in [9.17, 15) is 33.6 Å². The molecule has 0 saturated carbocycles. The highest BCUT2D eigenvalue weighted by Crippen LogP contribution is 2.21. The molecule has 0 atom stereocenters. The van der Waals surface area contributed by atoms with Crippen molar-refractivity contribution in [3.8, 4) is 0 Å². The van der Waals surface area contributed by atoms with Gasteiger partial charge in [-0.15, -0.1) is 0 Å². The minimum absolute atomic E-state index is 0.0898. The van der Waals surface area contributed by atoms with Crippen LogP contribution in [0, 0.1) is 0 Å². The Morgan fingerprint density at radius 3 is 0.918 bits per heavy atom. The van der Waals surface area contributed by atoms with Crippen molar-refractivity contribution in [2.24, 2.45) is 14.1 Å². The Labute approximate surface area is 579 Å². The van der Waals surface area contributed by atoms with E-state index in [0.717, 1.165) is 61.1 Å². The lowest BCUT2D eigenvalue weighted by atomic mass is 10.1. The van der Waals surface area contributed by atoms with Crippen molar-refractivity contribution < 1.29 is 33.6 Å². The molecule has 0 aliphatic heterocycles. The van der Waals surface area contributed by atoms with Crippen LogP contribution in [0.1, 0.15) is 180 Å². The van der Waals surface area contributed by atoms with E-state index in [0.29, 0.717) is 90.6 Å². The van der Waals surface area contributed by atoms with E-state index in [4.69, 9.17) is 0 Å². The van der Waals surface area contributed by atoms with Gasteiger partial charge in [-0.3, -0.25) is 58.1 Å². The molecule has 542 valence electrons. The van der Waals surface area contributed by atoms with E-state index in [1.807, 2.05) is 151 Å². The number of likely N-dealkylation sites (N-methyl/N-ethyl adjacent to an activating group) is 2. The standard InChI is InChI=1S/C24H41N7O2.C14H23N5.C13H21N3O2.C11H19N3O.C9H17NO2/c1-8-27(9-2)22(32)18-29-14-12-25-20(29)16-31(24(5,6)7)17-21-26-13-15-30(21)19-23(33)28(10-3)11-4;1-5-18-9-7-16-14(18)11-19(12(2)3)10-13-15-6-8-17(13)4;1-10(2)16(8-12(4)18)9-13-14-5-6-15(13)7-11(3)17;1-9(2)14(7-10(3)15)8-11-12-5-6-13(11)4;1-7(2)10(5-8(3)11)6-9(4)12/h12-15H,8-11,16-19H2,1-7H3;6-9,12H,5,10-11H2,1-4H3;5-6,10H,7-9H2,1-4H3;5-6,9H,7-8H2,1-4H3;7H,5-6H2,1-4H3. The summed E-state index contributed by atoms with van der Waals surface area (Å²) in [5.41, 5.74) is -0.167. The van der Waals surface area contributed by atoms with Gasteiger partial charge in [0.2, 0.25) is 11.8 Å². The number of carbonyl (C=O) groups excluding carboxylic acids is 7.